The molecule has 2 saturated heterocycles. The summed E-state index contributed by atoms with van der Waals surface area (Å²) in [7, 11) is 0. The van der Waals surface area contributed by atoms with Gasteiger partial charge in [-0.05, 0) is 29.8 Å². The van der Waals surface area contributed by atoms with Crippen molar-refractivity contribution >= 4 is 0 Å². The van der Waals surface area contributed by atoms with Gasteiger partial charge in [0.05, 0.1) is 24.8 Å². The first-order valence-corrected chi connectivity index (χ1v) is 10.3. The minimum atomic E-state index is -0.519. The molecule has 150 valence electrons. The Balaban J connectivity index is 1.42. The predicted octanol–water partition coefficient (Wildman–Crippen LogP) is 2.64. The Bertz CT molecular complexity index is 746. The molecule has 0 amide bonds. The second-order valence-corrected chi connectivity index (χ2v) is 7.55. The molecule has 4 rings (SSSR count). The molecule has 2 aliphatic rings. The molecular formula is C23H30N2O3. The van der Waals surface area contributed by atoms with Gasteiger partial charge < -0.3 is 19.9 Å². The summed E-state index contributed by atoms with van der Waals surface area (Å²) in [6, 6.07) is 18.7. The van der Waals surface area contributed by atoms with E-state index in [0.717, 1.165) is 13.1 Å². The van der Waals surface area contributed by atoms with Gasteiger partial charge in [-0.3, -0.25) is 4.90 Å². The molecule has 5 heteroatoms. The van der Waals surface area contributed by atoms with E-state index in [1.807, 2.05) is 6.07 Å². The average Bonchev–Trinajstić information content (AvgIpc) is 3.17. The van der Waals surface area contributed by atoms with E-state index in [4.69, 9.17) is 9.47 Å². The summed E-state index contributed by atoms with van der Waals surface area (Å²) in [5.41, 5.74) is 3.61. The number of ether oxygens (including phenoxy) is 2. The molecule has 0 aliphatic carbocycles. The Morgan fingerprint density at radius 1 is 1.00 bits per heavy atom. The molecule has 5 nitrogen and oxygen atoms in total. The van der Waals surface area contributed by atoms with Crippen LogP contribution >= 0.6 is 0 Å². The van der Waals surface area contributed by atoms with Gasteiger partial charge in [0.1, 0.15) is 6.10 Å². The molecular weight excluding hydrogens is 352 g/mol. The fourth-order valence-corrected chi connectivity index (χ4v) is 4.37. The molecule has 2 N–H and O–H groups in total. The van der Waals surface area contributed by atoms with Crippen LogP contribution in [-0.2, 0) is 16.0 Å². The zero-order chi connectivity index (χ0) is 19.5. The molecule has 5 unspecified atom stereocenters. The summed E-state index contributed by atoms with van der Waals surface area (Å²) < 4.78 is 11.9. The Morgan fingerprint density at radius 2 is 1.68 bits per heavy atom. The number of likely N-dealkylation sites (N-methyl/N-ethyl adjacent to an activating group) is 1. The highest BCUT2D eigenvalue weighted by Crippen LogP contribution is 2.31. The van der Waals surface area contributed by atoms with Crippen molar-refractivity contribution in [3.63, 3.8) is 0 Å². The lowest BCUT2D eigenvalue weighted by molar-refractivity contribution is -0.181. The minimum Gasteiger partial charge on any atom is -0.390 e. The van der Waals surface area contributed by atoms with Crippen LogP contribution in [0.4, 0.5) is 0 Å². The molecule has 2 heterocycles. The maximum atomic E-state index is 11.0. The lowest BCUT2D eigenvalue weighted by Gasteiger charge is -2.43. The predicted molar refractivity (Wildman–Crippen MR) is 110 cm³/mol. The second-order valence-electron chi connectivity index (χ2n) is 7.55. The van der Waals surface area contributed by atoms with Gasteiger partial charge in [-0.25, -0.2) is 0 Å². The van der Waals surface area contributed by atoms with Crippen LogP contribution < -0.4 is 5.32 Å². The second kappa shape index (κ2) is 8.72. The van der Waals surface area contributed by atoms with Gasteiger partial charge in [0.2, 0.25) is 0 Å². The molecule has 28 heavy (non-hydrogen) atoms. The summed E-state index contributed by atoms with van der Waals surface area (Å²) in [4.78, 5) is 2.22. The number of nitrogens with one attached hydrogen (secondary N) is 1. The number of aliphatic hydroxyl groups is 1. The van der Waals surface area contributed by atoms with Crippen LogP contribution in [0.1, 0.15) is 19.4 Å². The molecule has 2 aromatic carbocycles. The monoisotopic (exact) mass is 382 g/mol. The number of nitrogens with zero attached hydrogens (tertiary/aromatic N) is 1. The van der Waals surface area contributed by atoms with Crippen molar-refractivity contribution in [3.05, 3.63) is 60.2 Å². The van der Waals surface area contributed by atoms with Crippen LogP contribution in [0.3, 0.4) is 0 Å². The van der Waals surface area contributed by atoms with Crippen molar-refractivity contribution in [2.75, 3.05) is 19.7 Å². The molecule has 5 atom stereocenters. The van der Waals surface area contributed by atoms with E-state index >= 15 is 0 Å². The summed E-state index contributed by atoms with van der Waals surface area (Å²) in [5.74, 6) is 0. The van der Waals surface area contributed by atoms with E-state index < -0.39 is 6.10 Å². The van der Waals surface area contributed by atoms with Gasteiger partial charge in [0.25, 0.3) is 0 Å². The number of hydrogen-bond donors (Lipinski definition) is 2. The lowest BCUT2D eigenvalue weighted by atomic mass is 9.94. The molecule has 0 radical (unpaired) electrons. The highest BCUT2D eigenvalue weighted by Gasteiger charge is 2.51. The van der Waals surface area contributed by atoms with Gasteiger partial charge in [-0.1, -0.05) is 68.4 Å². The standard InChI is InChI=1S/C23H30N2O3/c1-3-25(4-2)21-22(26)20(19-15-27-23(21)28-19)24-14-16-10-12-18(13-11-16)17-8-6-5-7-9-17/h5-13,19-24,26H,3-4,14-15H2,1-2H3. The van der Waals surface area contributed by atoms with Gasteiger partial charge in [0, 0.05) is 6.54 Å². The smallest absolute Gasteiger partial charge is 0.176 e. The average molecular weight is 383 g/mol. The Morgan fingerprint density at radius 3 is 2.36 bits per heavy atom. The van der Waals surface area contributed by atoms with E-state index in [1.54, 1.807) is 0 Å². The van der Waals surface area contributed by atoms with Crippen LogP contribution in [-0.4, -0.2) is 60.3 Å². The molecule has 0 aromatic heterocycles. The van der Waals surface area contributed by atoms with Gasteiger partial charge in [-0.15, -0.1) is 0 Å². The van der Waals surface area contributed by atoms with Crippen molar-refractivity contribution in [1.82, 2.24) is 10.2 Å². The van der Waals surface area contributed by atoms with Crippen LogP contribution in [0.15, 0.2) is 54.6 Å². The number of benzene rings is 2. The van der Waals surface area contributed by atoms with Crippen molar-refractivity contribution < 1.29 is 14.6 Å². The van der Waals surface area contributed by atoms with Crippen molar-refractivity contribution in [1.29, 1.82) is 0 Å². The van der Waals surface area contributed by atoms with Crippen LogP contribution in [0.5, 0.6) is 0 Å². The first-order valence-electron chi connectivity index (χ1n) is 10.3. The number of rotatable bonds is 7. The fraction of sp³-hybridized carbons (Fsp3) is 0.478. The first kappa shape index (κ1) is 19.6. The number of hydrogen-bond acceptors (Lipinski definition) is 5. The molecule has 2 aliphatic heterocycles. The fourth-order valence-electron chi connectivity index (χ4n) is 4.37. The van der Waals surface area contributed by atoms with Crippen molar-refractivity contribution in [2.24, 2.45) is 0 Å². The lowest BCUT2D eigenvalue weighted by Crippen LogP contribution is -2.64. The normalized spacial score (nSPS) is 29.4. The van der Waals surface area contributed by atoms with E-state index in [-0.39, 0.29) is 24.5 Å². The summed E-state index contributed by atoms with van der Waals surface area (Å²) >= 11 is 0. The Hall–Kier alpha value is -1.76. The molecule has 0 spiro atoms. The molecule has 2 bridgehead atoms. The third-order valence-electron chi connectivity index (χ3n) is 5.97. The maximum Gasteiger partial charge on any atom is 0.176 e. The zero-order valence-corrected chi connectivity index (χ0v) is 16.6. The van der Waals surface area contributed by atoms with E-state index in [9.17, 15) is 5.11 Å². The van der Waals surface area contributed by atoms with Crippen LogP contribution in [0, 0.1) is 0 Å². The Kier molecular flexibility index (Phi) is 6.09. The van der Waals surface area contributed by atoms with Crippen LogP contribution in [0.2, 0.25) is 0 Å². The van der Waals surface area contributed by atoms with Crippen molar-refractivity contribution in [2.45, 2.75) is 51.0 Å². The quantitative estimate of drug-likeness (QED) is 0.771. The van der Waals surface area contributed by atoms with Crippen molar-refractivity contribution in [3.8, 4) is 11.1 Å². The third kappa shape index (κ3) is 3.86. The summed E-state index contributed by atoms with van der Waals surface area (Å²) in [5, 5.41) is 14.6. The third-order valence-corrected chi connectivity index (χ3v) is 5.97. The van der Waals surface area contributed by atoms with Gasteiger partial charge >= 0.3 is 0 Å². The summed E-state index contributed by atoms with van der Waals surface area (Å²) in [6.07, 6.45) is -0.951. The number of aliphatic hydroxyl groups excluding tert-OH is 1. The molecule has 2 fully saturated rings. The highest BCUT2D eigenvalue weighted by molar-refractivity contribution is 5.63. The van der Waals surface area contributed by atoms with E-state index in [0.29, 0.717) is 13.2 Å². The first-order chi connectivity index (χ1) is 13.7. The molecule has 2 aromatic rings. The topological polar surface area (TPSA) is 54.0 Å². The van der Waals surface area contributed by atoms with E-state index in [1.165, 1.54) is 16.7 Å². The van der Waals surface area contributed by atoms with Gasteiger partial charge in [-0.2, -0.15) is 0 Å². The molecule has 0 saturated carbocycles. The zero-order valence-electron chi connectivity index (χ0n) is 16.6. The largest absolute Gasteiger partial charge is 0.390 e. The van der Waals surface area contributed by atoms with Gasteiger partial charge in [0.15, 0.2) is 6.29 Å². The number of fused-ring (bicyclic) bond motifs is 2. The minimum absolute atomic E-state index is 0.101. The maximum absolute atomic E-state index is 11.0. The summed E-state index contributed by atoms with van der Waals surface area (Å²) in [6.45, 7) is 7.15. The van der Waals surface area contributed by atoms with Crippen LogP contribution in [0.25, 0.3) is 11.1 Å². The SMILES string of the molecule is CCN(CC)C1C2OCC(O2)C(NCc2ccc(-c3ccccc3)cc2)C1O. The highest BCUT2D eigenvalue weighted by atomic mass is 16.7. The van der Waals surface area contributed by atoms with E-state index in [2.05, 4.69) is 72.6 Å². The Labute approximate surface area is 167 Å².